The van der Waals surface area contributed by atoms with Gasteiger partial charge in [0.2, 0.25) is 0 Å². The van der Waals surface area contributed by atoms with Gasteiger partial charge >= 0.3 is 0 Å². The lowest BCUT2D eigenvalue weighted by Gasteiger charge is -1.93. The molecule has 3 rings (SSSR count). The molecule has 0 aliphatic rings. The van der Waals surface area contributed by atoms with E-state index in [1.165, 1.54) is 15.6 Å². The minimum Gasteiger partial charge on any atom is -0.322 e. The number of hydrogen-bond acceptors (Lipinski definition) is 1. The summed E-state index contributed by atoms with van der Waals surface area (Å²) in [7, 11) is 0. The molecule has 3 heterocycles. The molecule has 0 aliphatic heterocycles. The fraction of sp³-hybridized carbons (Fsp3) is 0. The molecule has 0 unspecified atom stereocenters. The van der Waals surface area contributed by atoms with Crippen molar-refractivity contribution < 1.29 is 0 Å². The lowest BCUT2D eigenvalue weighted by atomic mass is 10.3. The molecule has 3 aromatic heterocycles. The summed E-state index contributed by atoms with van der Waals surface area (Å²) in [5.74, 6) is 0. The molecule has 0 atom stereocenters. The highest BCUT2D eigenvalue weighted by Gasteiger charge is 1.96. The van der Waals surface area contributed by atoms with Crippen LogP contribution in [0.1, 0.15) is 0 Å². The average Bonchev–Trinajstić information content (AvgIpc) is 2.64. The zero-order valence-corrected chi connectivity index (χ0v) is 7.21. The Balaban J connectivity index is 2.62. The Bertz CT molecular complexity index is 442. The molecule has 0 saturated heterocycles. The molecule has 12 heavy (non-hydrogen) atoms. The van der Waals surface area contributed by atoms with E-state index in [4.69, 9.17) is 0 Å². The maximum atomic E-state index is 2.21. The third-order valence-electron chi connectivity index (χ3n) is 2.10. The van der Waals surface area contributed by atoms with E-state index in [9.17, 15) is 0 Å². The highest BCUT2D eigenvalue weighted by Crippen LogP contribution is 2.22. The van der Waals surface area contributed by atoms with Crippen molar-refractivity contribution in [2.75, 3.05) is 0 Å². The van der Waals surface area contributed by atoms with Crippen molar-refractivity contribution in [3.05, 3.63) is 42.0 Å². The molecular weight excluding hydrogens is 166 g/mol. The predicted octanol–water partition coefficient (Wildman–Crippen LogP) is 3.15. The lowest BCUT2D eigenvalue weighted by Crippen LogP contribution is -1.77. The highest BCUT2D eigenvalue weighted by atomic mass is 32.1. The molecule has 0 N–H and O–H groups in total. The normalized spacial score (nSPS) is 11.3. The van der Waals surface area contributed by atoms with Crippen molar-refractivity contribution in [1.29, 1.82) is 0 Å². The van der Waals surface area contributed by atoms with E-state index in [-0.39, 0.29) is 0 Å². The average molecular weight is 173 g/mol. The first-order chi connectivity index (χ1) is 5.93. The van der Waals surface area contributed by atoms with Crippen molar-refractivity contribution in [3.63, 3.8) is 0 Å². The maximum Gasteiger partial charge on any atom is 0.0509 e. The number of rotatable bonds is 0. The van der Waals surface area contributed by atoms with E-state index < -0.39 is 0 Å². The second kappa shape index (κ2) is 2.11. The van der Waals surface area contributed by atoms with Gasteiger partial charge in [-0.05, 0) is 35.0 Å². The first kappa shape index (κ1) is 6.26. The van der Waals surface area contributed by atoms with Gasteiger partial charge in [0.05, 0.1) is 4.70 Å². The molecular formula is C10H7NS. The Morgan fingerprint density at radius 1 is 1.25 bits per heavy atom. The Morgan fingerprint density at radius 3 is 3.25 bits per heavy atom. The SMILES string of the molecule is c1cc2cc3ccsc3cn2c1. The smallest absolute Gasteiger partial charge is 0.0509 e. The van der Waals surface area contributed by atoms with Gasteiger partial charge in [-0.2, -0.15) is 0 Å². The first-order valence-electron chi connectivity index (χ1n) is 3.87. The van der Waals surface area contributed by atoms with Gasteiger partial charge in [0, 0.05) is 17.9 Å². The Kier molecular flexibility index (Phi) is 1.10. The van der Waals surface area contributed by atoms with E-state index in [1.807, 2.05) is 0 Å². The number of hydrogen-bond donors (Lipinski definition) is 0. The molecule has 0 bridgehead atoms. The summed E-state index contributed by atoms with van der Waals surface area (Å²) in [5, 5.41) is 3.47. The molecule has 58 valence electrons. The van der Waals surface area contributed by atoms with Crippen molar-refractivity contribution in [3.8, 4) is 0 Å². The molecule has 0 fully saturated rings. The van der Waals surface area contributed by atoms with Crippen LogP contribution in [0.25, 0.3) is 15.6 Å². The van der Waals surface area contributed by atoms with Crippen molar-refractivity contribution >= 4 is 26.9 Å². The summed E-state index contributed by atoms with van der Waals surface area (Å²) >= 11 is 1.78. The molecule has 0 aromatic carbocycles. The van der Waals surface area contributed by atoms with Crippen LogP contribution in [0.15, 0.2) is 42.0 Å². The van der Waals surface area contributed by atoms with Gasteiger partial charge in [0.25, 0.3) is 0 Å². The van der Waals surface area contributed by atoms with Crippen LogP contribution in [0.4, 0.5) is 0 Å². The minimum absolute atomic E-state index is 1.26. The summed E-state index contributed by atoms with van der Waals surface area (Å²) in [6, 6.07) is 8.56. The van der Waals surface area contributed by atoms with Crippen molar-refractivity contribution in [2.24, 2.45) is 0 Å². The Morgan fingerprint density at radius 2 is 2.25 bits per heavy atom. The Hall–Kier alpha value is -1.28. The zero-order chi connectivity index (χ0) is 7.97. The van der Waals surface area contributed by atoms with Crippen LogP contribution >= 0.6 is 11.3 Å². The third-order valence-corrected chi connectivity index (χ3v) is 2.97. The molecule has 0 saturated carbocycles. The van der Waals surface area contributed by atoms with E-state index >= 15 is 0 Å². The summed E-state index contributed by atoms with van der Waals surface area (Å²) in [6.07, 6.45) is 4.25. The van der Waals surface area contributed by atoms with E-state index in [0.29, 0.717) is 0 Å². The molecule has 2 heteroatoms. The van der Waals surface area contributed by atoms with Gasteiger partial charge in [0.15, 0.2) is 0 Å². The quantitative estimate of drug-likeness (QED) is 0.492. The first-order valence-corrected chi connectivity index (χ1v) is 4.75. The van der Waals surface area contributed by atoms with Crippen LogP contribution in [0.2, 0.25) is 0 Å². The van der Waals surface area contributed by atoms with Crippen LogP contribution in [0, 0.1) is 0 Å². The van der Waals surface area contributed by atoms with Gasteiger partial charge in [-0.1, -0.05) is 0 Å². The topological polar surface area (TPSA) is 4.41 Å². The summed E-state index contributed by atoms with van der Waals surface area (Å²) in [5.41, 5.74) is 1.26. The van der Waals surface area contributed by atoms with Crippen LogP contribution in [-0.4, -0.2) is 4.40 Å². The lowest BCUT2D eigenvalue weighted by molar-refractivity contribution is 1.22. The second-order valence-electron chi connectivity index (χ2n) is 2.85. The summed E-state index contributed by atoms with van der Waals surface area (Å²) in [6.45, 7) is 0. The zero-order valence-electron chi connectivity index (χ0n) is 6.40. The monoisotopic (exact) mass is 173 g/mol. The van der Waals surface area contributed by atoms with Crippen LogP contribution in [0.5, 0.6) is 0 Å². The maximum absolute atomic E-state index is 2.21. The molecule has 0 aliphatic carbocycles. The fourth-order valence-electron chi connectivity index (χ4n) is 1.49. The molecule has 0 amide bonds. The number of aromatic nitrogens is 1. The van der Waals surface area contributed by atoms with Gasteiger partial charge in [-0.25, -0.2) is 0 Å². The number of pyridine rings is 1. The van der Waals surface area contributed by atoms with Crippen LogP contribution in [-0.2, 0) is 0 Å². The highest BCUT2D eigenvalue weighted by molar-refractivity contribution is 7.17. The number of nitrogens with zero attached hydrogens (tertiary/aromatic N) is 1. The number of thiophene rings is 1. The second-order valence-corrected chi connectivity index (χ2v) is 3.80. The van der Waals surface area contributed by atoms with Gasteiger partial charge < -0.3 is 4.40 Å². The third kappa shape index (κ3) is 0.728. The molecule has 3 aromatic rings. The molecule has 0 radical (unpaired) electrons. The van der Waals surface area contributed by atoms with Gasteiger partial charge in [-0.3, -0.25) is 0 Å². The van der Waals surface area contributed by atoms with Gasteiger partial charge in [-0.15, -0.1) is 11.3 Å². The van der Waals surface area contributed by atoms with Crippen LogP contribution < -0.4 is 0 Å². The minimum atomic E-state index is 1.26. The largest absolute Gasteiger partial charge is 0.322 e. The van der Waals surface area contributed by atoms with Gasteiger partial charge in [0.1, 0.15) is 0 Å². The van der Waals surface area contributed by atoms with Crippen molar-refractivity contribution in [1.82, 2.24) is 4.40 Å². The summed E-state index contributed by atoms with van der Waals surface area (Å²) in [4.78, 5) is 0. The van der Waals surface area contributed by atoms with E-state index in [2.05, 4.69) is 46.4 Å². The number of fused-ring (bicyclic) bond motifs is 2. The molecule has 1 nitrogen and oxygen atoms in total. The van der Waals surface area contributed by atoms with Crippen LogP contribution in [0.3, 0.4) is 0 Å². The standard InChI is InChI=1S/C10H7NS/c1-2-9-6-8-3-5-12-10(8)7-11(9)4-1/h1-7H. The molecule has 0 spiro atoms. The van der Waals surface area contributed by atoms with E-state index in [0.717, 1.165) is 0 Å². The summed E-state index contributed by atoms with van der Waals surface area (Å²) < 4.78 is 3.50. The van der Waals surface area contributed by atoms with E-state index in [1.54, 1.807) is 11.3 Å². The van der Waals surface area contributed by atoms with Crippen molar-refractivity contribution in [2.45, 2.75) is 0 Å². The predicted molar refractivity (Wildman–Crippen MR) is 52.8 cm³/mol. The Labute approximate surface area is 73.9 Å². The fourth-order valence-corrected chi connectivity index (χ4v) is 2.29.